The van der Waals surface area contributed by atoms with E-state index in [0.717, 1.165) is 16.8 Å². The molecule has 0 saturated heterocycles. The topological polar surface area (TPSA) is 109 Å². The molecule has 0 unspecified atom stereocenters. The van der Waals surface area contributed by atoms with Gasteiger partial charge in [0.1, 0.15) is 12.4 Å². The number of nitro benzene ring substituents is 1. The average molecular weight is 351 g/mol. The SMILES string of the molecule is Cc1cn(N=Cc2cccc(OCc3ccc([N+](=O)[O-])cc3)c2)c(N)n1. The fraction of sp³-hybridized carbons (Fsp3) is 0.111. The molecule has 0 fully saturated rings. The summed E-state index contributed by atoms with van der Waals surface area (Å²) in [6, 6.07) is 13.7. The maximum atomic E-state index is 10.7. The number of nitrogens with two attached hydrogens (primary N) is 1. The summed E-state index contributed by atoms with van der Waals surface area (Å²) in [5.41, 5.74) is 8.28. The van der Waals surface area contributed by atoms with Crippen LogP contribution in [0.1, 0.15) is 16.8 Å². The third-order valence-corrected chi connectivity index (χ3v) is 3.58. The molecule has 0 aliphatic heterocycles. The van der Waals surface area contributed by atoms with Crippen molar-refractivity contribution in [2.45, 2.75) is 13.5 Å². The number of imidazole rings is 1. The zero-order valence-corrected chi connectivity index (χ0v) is 14.1. The number of nitrogens with zero attached hydrogens (tertiary/aromatic N) is 4. The Balaban J connectivity index is 1.65. The number of hydrogen-bond acceptors (Lipinski definition) is 6. The monoisotopic (exact) mass is 351 g/mol. The second-order valence-corrected chi connectivity index (χ2v) is 5.61. The summed E-state index contributed by atoms with van der Waals surface area (Å²) in [6.45, 7) is 2.15. The molecule has 2 aromatic carbocycles. The molecule has 26 heavy (non-hydrogen) atoms. The highest BCUT2D eigenvalue weighted by Gasteiger charge is 2.04. The summed E-state index contributed by atoms with van der Waals surface area (Å²) in [4.78, 5) is 14.3. The van der Waals surface area contributed by atoms with Crippen LogP contribution >= 0.6 is 0 Å². The Morgan fingerprint density at radius 3 is 2.73 bits per heavy atom. The van der Waals surface area contributed by atoms with Crippen molar-refractivity contribution in [1.82, 2.24) is 9.66 Å². The number of non-ortho nitro benzene ring substituents is 1. The smallest absolute Gasteiger partial charge is 0.269 e. The molecule has 0 aliphatic carbocycles. The molecule has 132 valence electrons. The Kier molecular flexibility index (Phi) is 4.93. The Bertz CT molecular complexity index is 948. The van der Waals surface area contributed by atoms with Crippen LogP contribution in [0.15, 0.2) is 59.8 Å². The molecule has 0 atom stereocenters. The number of rotatable bonds is 6. The minimum atomic E-state index is -0.429. The van der Waals surface area contributed by atoms with E-state index in [1.807, 2.05) is 31.2 Å². The number of benzene rings is 2. The second kappa shape index (κ2) is 7.47. The van der Waals surface area contributed by atoms with E-state index in [9.17, 15) is 10.1 Å². The van der Waals surface area contributed by atoms with E-state index < -0.39 is 4.92 Å². The van der Waals surface area contributed by atoms with Crippen LogP contribution in [0.2, 0.25) is 0 Å². The number of anilines is 1. The lowest BCUT2D eigenvalue weighted by Gasteiger charge is -2.07. The van der Waals surface area contributed by atoms with Crippen molar-refractivity contribution in [2.24, 2.45) is 5.10 Å². The van der Waals surface area contributed by atoms with Gasteiger partial charge in [-0.1, -0.05) is 12.1 Å². The van der Waals surface area contributed by atoms with E-state index >= 15 is 0 Å². The van der Waals surface area contributed by atoms with Crippen LogP contribution in [0.4, 0.5) is 11.6 Å². The van der Waals surface area contributed by atoms with Gasteiger partial charge in [0.2, 0.25) is 5.95 Å². The summed E-state index contributed by atoms with van der Waals surface area (Å²) in [6.07, 6.45) is 3.40. The number of hydrogen-bond donors (Lipinski definition) is 1. The van der Waals surface area contributed by atoms with Crippen molar-refractivity contribution in [3.05, 3.63) is 81.7 Å². The first kappa shape index (κ1) is 17.2. The van der Waals surface area contributed by atoms with Crippen LogP contribution in [-0.2, 0) is 6.61 Å². The Hall–Kier alpha value is -3.68. The van der Waals surface area contributed by atoms with E-state index in [1.165, 1.54) is 16.8 Å². The predicted octanol–water partition coefficient (Wildman–Crippen LogP) is 3.14. The standard InChI is InChI=1S/C18H17N5O3/c1-13-11-22(18(19)21-13)20-10-15-3-2-4-17(9-15)26-12-14-5-7-16(8-6-14)23(24)25/h2-11H,12H2,1H3,(H2,19,21). The maximum Gasteiger partial charge on any atom is 0.269 e. The maximum absolute atomic E-state index is 10.7. The second-order valence-electron chi connectivity index (χ2n) is 5.61. The molecule has 0 bridgehead atoms. The molecule has 0 amide bonds. The van der Waals surface area contributed by atoms with Crippen molar-refractivity contribution >= 4 is 17.9 Å². The number of nitro groups is 1. The van der Waals surface area contributed by atoms with Gasteiger partial charge in [-0.05, 0) is 42.3 Å². The molecule has 3 aromatic rings. The summed E-state index contributed by atoms with van der Waals surface area (Å²) < 4.78 is 7.24. The van der Waals surface area contributed by atoms with Crippen molar-refractivity contribution in [2.75, 3.05) is 5.73 Å². The highest BCUT2D eigenvalue weighted by Crippen LogP contribution is 2.16. The van der Waals surface area contributed by atoms with E-state index in [-0.39, 0.29) is 5.69 Å². The summed E-state index contributed by atoms with van der Waals surface area (Å²) >= 11 is 0. The zero-order chi connectivity index (χ0) is 18.5. The molecule has 0 radical (unpaired) electrons. The molecule has 2 N–H and O–H groups in total. The van der Waals surface area contributed by atoms with Crippen LogP contribution in [0, 0.1) is 17.0 Å². The molecule has 3 rings (SSSR count). The molecule has 0 saturated carbocycles. The molecule has 8 nitrogen and oxygen atoms in total. The van der Waals surface area contributed by atoms with Crippen LogP contribution in [0.3, 0.4) is 0 Å². The minimum Gasteiger partial charge on any atom is -0.489 e. The van der Waals surface area contributed by atoms with E-state index in [2.05, 4.69) is 10.1 Å². The van der Waals surface area contributed by atoms with Crippen molar-refractivity contribution in [1.29, 1.82) is 0 Å². The Morgan fingerprint density at radius 2 is 2.08 bits per heavy atom. The van der Waals surface area contributed by atoms with Gasteiger partial charge in [-0.2, -0.15) is 5.10 Å². The molecule has 0 spiro atoms. The molecule has 8 heteroatoms. The number of ether oxygens (including phenoxy) is 1. The van der Waals surface area contributed by atoms with Crippen LogP contribution in [0.5, 0.6) is 5.75 Å². The summed E-state index contributed by atoms with van der Waals surface area (Å²) in [5, 5.41) is 14.9. The van der Waals surface area contributed by atoms with Crippen LogP contribution in [-0.4, -0.2) is 20.8 Å². The van der Waals surface area contributed by atoms with Gasteiger partial charge in [0.25, 0.3) is 5.69 Å². The van der Waals surface area contributed by atoms with Crippen LogP contribution < -0.4 is 10.5 Å². The van der Waals surface area contributed by atoms with Gasteiger partial charge in [0.05, 0.1) is 23.0 Å². The first-order chi connectivity index (χ1) is 12.5. The third kappa shape index (κ3) is 4.23. The largest absolute Gasteiger partial charge is 0.489 e. The van der Waals surface area contributed by atoms with Crippen molar-refractivity contribution < 1.29 is 9.66 Å². The third-order valence-electron chi connectivity index (χ3n) is 3.58. The average Bonchev–Trinajstić information content (AvgIpc) is 2.96. The Labute approximate surface area is 149 Å². The minimum absolute atomic E-state index is 0.0565. The van der Waals surface area contributed by atoms with E-state index in [0.29, 0.717) is 18.3 Å². The number of aryl methyl sites for hydroxylation is 1. The fourth-order valence-electron chi connectivity index (χ4n) is 2.29. The quantitative estimate of drug-likeness (QED) is 0.417. The van der Waals surface area contributed by atoms with Gasteiger partial charge >= 0.3 is 0 Å². The summed E-state index contributed by atoms with van der Waals surface area (Å²) in [7, 11) is 0. The predicted molar refractivity (Wildman–Crippen MR) is 98.2 cm³/mol. The number of aromatic nitrogens is 2. The van der Waals surface area contributed by atoms with Crippen molar-refractivity contribution in [3.8, 4) is 5.75 Å². The molecular weight excluding hydrogens is 334 g/mol. The first-order valence-corrected chi connectivity index (χ1v) is 7.83. The first-order valence-electron chi connectivity index (χ1n) is 7.83. The van der Waals surface area contributed by atoms with E-state index in [1.54, 1.807) is 24.5 Å². The zero-order valence-electron chi connectivity index (χ0n) is 14.1. The molecule has 0 aliphatic rings. The highest BCUT2D eigenvalue weighted by atomic mass is 16.6. The van der Waals surface area contributed by atoms with Crippen LogP contribution in [0.25, 0.3) is 0 Å². The van der Waals surface area contributed by atoms with Gasteiger partial charge in [-0.3, -0.25) is 10.1 Å². The summed E-state index contributed by atoms with van der Waals surface area (Å²) in [5.74, 6) is 0.992. The Morgan fingerprint density at radius 1 is 1.31 bits per heavy atom. The lowest BCUT2D eigenvalue weighted by molar-refractivity contribution is -0.384. The molecular formula is C18H17N5O3. The van der Waals surface area contributed by atoms with Crippen molar-refractivity contribution in [3.63, 3.8) is 0 Å². The molecule has 1 heterocycles. The number of nitrogen functional groups attached to an aromatic ring is 1. The van der Waals surface area contributed by atoms with E-state index in [4.69, 9.17) is 10.5 Å². The normalized spacial score (nSPS) is 11.0. The fourth-order valence-corrected chi connectivity index (χ4v) is 2.29. The molecule has 1 aromatic heterocycles. The lowest BCUT2D eigenvalue weighted by atomic mass is 10.2. The van der Waals surface area contributed by atoms with Gasteiger partial charge < -0.3 is 10.5 Å². The highest BCUT2D eigenvalue weighted by molar-refractivity contribution is 5.80. The van der Waals surface area contributed by atoms with Gasteiger partial charge in [0.15, 0.2) is 0 Å². The lowest BCUT2D eigenvalue weighted by Crippen LogP contribution is -1.98. The van der Waals surface area contributed by atoms with Gasteiger partial charge in [-0.15, -0.1) is 0 Å². The van der Waals surface area contributed by atoms with Gasteiger partial charge in [-0.25, -0.2) is 9.66 Å². The van der Waals surface area contributed by atoms with Gasteiger partial charge in [0, 0.05) is 12.1 Å².